The van der Waals surface area contributed by atoms with Crippen LogP contribution in [0.4, 0.5) is 4.39 Å². The maximum absolute atomic E-state index is 13.7. The number of halogens is 1. The average Bonchev–Trinajstić information content (AvgIpc) is 2.83. The maximum Gasteiger partial charge on any atom is 0.272 e. The van der Waals surface area contributed by atoms with Crippen LogP contribution >= 0.6 is 11.8 Å². The minimum Gasteiger partial charge on any atom is -0.272 e. The Kier molecular flexibility index (Phi) is 6.74. The Hall–Kier alpha value is -3.98. The van der Waals surface area contributed by atoms with Gasteiger partial charge >= 0.3 is 0 Å². The summed E-state index contributed by atoms with van der Waals surface area (Å²) in [4.78, 5) is 42.5. The van der Waals surface area contributed by atoms with E-state index < -0.39 is 17.6 Å². The van der Waals surface area contributed by atoms with Crippen LogP contribution in [0.1, 0.15) is 21.5 Å². The molecule has 0 spiro atoms. The van der Waals surface area contributed by atoms with Gasteiger partial charge in [0, 0.05) is 0 Å². The van der Waals surface area contributed by atoms with Gasteiger partial charge in [0.15, 0.2) is 5.16 Å². The molecule has 7 nitrogen and oxygen atoms in total. The van der Waals surface area contributed by atoms with E-state index in [4.69, 9.17) is 0 Å². The Balaban J connectivity index is 1.58. The van der Waals surface area contributed by atoms with E-state index >= 15 is 0 Å². The number of para-hydroxylation sites is 1. The molecule has 1 heterocycles. The van der Waals surface area contributed by atoms with Gasteiger partial charge in [-0.05, 0) is 55.3 Å². The number of amides is 2. The maximum atomic E-state index is 13.7. The normalized spacial score (nSPS) is 10.8. The third kappa shape index (κ3) is 4.84. The van der Waals surface area contributed by atoms with Crippen molar-refractivity contribution in [2.45, 2.75) is 19.0 Å². The third-order valence-corrected chi connectivity index (χ3v) is 6.06. The number of nitrogens with zero attached hydrogens (tertiary/aromatic N) is 2. The summed E-state index contributed by atoms with van der Waals surface area (Å²) in [5.41, 5.74) is 7.10. The predicted molar refractivity (Wildman–Crippen MR) is 130 cm³/mol. The quantitative estimate of drug-likeness (QED) is 0.260. The molecule has 34 heavy (non-hydrogen) atoms. The molecular formula is C25H21FN4O3S. The highest BCUT2D eigenvalue weighted by atomic mass is 32.2. The fourth-order valence-corrected chi connectivity index (χ4v) is 4.19. The second kappa shape index (κ2) is 9.88. The van der Waals surface area contributed by atoms with Crippen molar-refractivity contribution in [3.05, 3.63) is 99.6 Å². The first-order valence-corrected chi connectivity index (χ1v) is 11.4. The van der Waals surface area contributed by atoms with E-state index in [-0.39, 0.29) is 16.9 Å². The van der Waals surface area contributed by atoms with Gasteiger partial charge in [-0.25, -0.2) is 9.37 Å². The molecule has 0 aliphatic carbocycles. The van der Waals surface area contributed by atoms with Crippen molar-refractivity contribution >= 4 is 34.5 Å². The van der Waals surface area contributed by atoms with Crippen LogP contribution in [0.5, 0.6) is 0 Å². The number of fused-ring (bicyclic) bond motifs is 1. The highest BCUT2D eigenvalue weighted by Crippen LogP contribution is 2.23. The Morgan fingerprint density at radius 2 is 1.74 bits per heavy atom. The van der Waals surface area contributed by atoms with Crippen LogP contribution in [0, 0.1) is 19.7 Å². The fourth-order valence-electron chi connectivity index (χ4n) is 3.39. The van der Waals surface area contributed by atoms with Gasteiger partial charge in [-0.2, -0.15) is 0 Å². The summed E-state index contributed by atoms with van der Waals surface area (Å²) >= 11 is 1.06. The highest BCUT2D eigenvalue weighted by molar-refractivity contribution is 7.99. The van der Waals surface area contributed by atoms with E-state index in [0.29, 0.717) is 21.7 Å². The van der Waals surface area contributed by atoms with Crippen LogP contribution in [0.2, 0.25) is 0 Å². The predicted octanol–water partition coefficient (Wildman–Crippen LogP) is 3.69. The summed E-state index contributed by atoms with van der Waals surface area (Å²) in [6, 6.07) is 18.2. The SMILES string of the molecule is Cc1ccc(C)c(-n2c(SCC(=O)NNC(=O)c3ccccc3F)nc3ccccc3c2=O)c1. The number of carbonyl (C=O) groups is 2. The number of carbonyl (C=O) groups excluding carboxylic acids is 2. The molecule has 0 aliphatic rings. The number of hydrogen-bond acceptors (Lipinski definition) is 5. The van der Waals surface area contributed by atoms with Crippen molar-refractivity contribution in [2.24, 2.45) is 0 Å². The van der Waals surface area contributed by atoms with Crippen molar-refractivity contribution in [3.63, 3.8) is 0 Å². The lowest BCUT2D eigenvalue weighted by molar-refractivity contribution is -0.119. The number of rotatable bonds is 5. The van der Waals surface area contributed by atoms with Crippen LogP contribution < -0.4 is 16.4 Å². The lowest BCUT2D eigenvalue weighted by Gasteiger charge is -2.16. The number of aryl methyl sites for hydroxylation is 2. The lowest BCUT2D eigenvalue weighted by Crippen LogP contribution is -2.42. The summed E-state index contributed by atoms with van der Waals surface area (Å²) in [6.45, 7) is 3.83. The van der Waals surface area contributed by atoms with Gasteiger partial charge in [-0.1, -0.05) is 48.2 Å². The van der Waals surface area contributed by atoms with Gasteiger partial charge in [-0.3, -0.25) is 29.8 Å². The van der Waals surface area contributed by atoms with Crippen LogP contribution in [-0.4, -0.2) is 27.1 Å². The summed E-state index contributed by atoms with van der Waals surface area (Å²) in [5, 5.41) is 0.808. The monoisotopic (exact) mass is 476 g/mol. The Morgan fingerprint density at radius 3 is 2.53 bits per heavy atom. The first kappa shape index (κ1) is 23.2. The van der Waals surface area contributed by atoms with Crippen molar-refractivity contribution in [1.82, 2.24) is 20.4 Å². The van der Waals surface area contributed by atoms with E-state index in [9.17, 15) is 18.8 Å². The summed E-state index contributed by atoms with van der Waals surface area (Å²) in [7, 11) is 0. The van der Waals surface area contributed by atoms with Crippen molar-refractivity contribution in [2.75, 3.05) is 5.75 Å². The Morgan fingerprint density at radius 1 is 1.00 bits per heavy atom. The number of hydrogen-bond donors (Lipinski definition) is 2. The average molecular weight is 477 g/mol. The van der Waals surface area contributed by atoms with E-state index in [1.807, 2.05) is 32.0 Å². The third-order valence-electron chi connectivity index (χ3n) is 5.12. The summed E-state index contributed by atoms with van der Waals surface area (Å²) in [5.74, 6) is -2.13. The number of aromatic nitrogens is 2. The number of hydrazine groups is 1. The minimum absolute atomic E-state index is 0.132. The largest absolute Gasteiger partial charge is 0.272 e. The van der Waals surface area contributed by atoms with Gasteiger partial charge in [0.25, 0.3) is 11.5 Å². The molecule has 1 aromatic heterocycles. The van der Waals surface area contributed by atoms with Crippen LogP contribution in [0.15, 0.2) is 76.7 Å². The second-order valence-electron chi connectivity index (χ2n) is 7.61. The molecule has 4 rings (SSSR count). The van der Waals surface area contributed by atoms with Crippen molar-refractivity contribution in [1.29, 1.82) is 0 Å². The number of benzene rings is 3. The van der Waals surface area contributed by atoms with Crippen molar-refractivity contribution < 1.29 is 14.0 Å². The molecule has 0 fully saturated rings. The van der Waals surface area contributed by atoms with Gasteiger partial charge in [0.2, 0.25) is 5.91 Å². The molecule has 2 amide bonds. The van der Waals surface area contributed by atoms with E-state index in [1.165, 1.54) is 22.8 Å². The summed E-state index contributed by atoms with van der Waals surface area (Å²) in [6.07, 6.45) is 0. The van der Waals surface area contributed by atoms with Gasteiger partial charge in [-0.15, -0.1) is 0 Å². The molecule has 4 aromatic rings. The molecule has 0 aliphatic heterocycles. The Labute approximate surface area is 199 Å². The molecule has 3 aromatic carbocycles. The topological polar surface area (TPSA) is 93.1 Å². The van der Waals surface area contributed by atoms with Crippen LogP contribution in [-0.2, 0) is 4.79 Å². The zero-order valence-electron chi connectivity index (χ0n) is 18.5. The smallest absolute Gasteiger partial charge is 0.272 e. The molecule has 0 unspecified atom stereocenters. The van der Waals surface area contributed by atoms with Gasteiger partial charge < -0.3 is 0 Å². The van der Waals surface area contributed by atoms with Crippen LogP contribution in [0.3, 0.4) is 0 Å². The lowest BCUT2D eigenvalue weighted by atomic mass is 10.1. The Bertz CT molecular complexity index is 1470. The molecule has 0 saturated carbocycles. The first-order chi connectivity index (χ1) is 16.3. The molecule has 2 N–H and O–H groups in total. The zero-order valence-corrected chi connectivity index (χ0v) is 19.3. The molecule has 0 saturated heterocycles. The van der Waals surface area contributed by atoms with Gasteiger partial charge in [0.05, 0.1) is 27.9 Å². The zero-order chi connectivity index (χ0) is 24.2. The highest BCUT2D eigenvalue weighted by Gasteiger charge is 2.17. The van der Waals surface area contributed by atoms with E-state index in [2.05, 4.69) is 15.8 Å². The molecule has 172 valence electrons. The van der Waals surface area contributed by atoms with Crippen molar-refractivity contribution in [3.8, 4) is 5.69 Å². The molecular weight excluding hydrogens is 455 g/mol. The second-order valence-corrected chi connectivity index (χ2v) is 8.56. The number of nitrogens with one attached hydrogen (secondary N) is 2. The van der Waals surface area contributed by atoms with E-state index in [1.54, 1.807) is 24.3 Å². The number of thioether (sulfide) groups is 1. The molecule has 0 bridgehead atoms. The summed E-state index contributed by atoms with van der Waals surface area (Å²) < 4.78 is 15.2. The van der Waals surface area contributed by atoms with E-state index in [0.717, 1.165) is 29.0 Å². The molecule has 9 heteroatoms. The molecule has 0 radical (unpaired) electrons. The fraction of sp³-hybridized carbons (Fsp3) is 0.120. The minimum atomic E-state index is -0.771. The molecule has 0 atom stereocenters. The first-order valence-electron chi connectivity index (χ1n) is 10.4. The van der Waals surface area contributed by atoms with Gasteiger partial charge in [0.1, 0.15) is 5.82 Å². The standard InChI is InChI=1S/C25H21FN4O3S/c1-15-11-12-16(2)21(13-15)30-24(33)18-8-4-6-10-20(18)27-25(30)34-14-22(31)28-29-23(32)17-7-3-5-9-19(17)26/h3-13H,14H2,1-2H3,(H,28,31)(H,29,32). The van der Waals surface area contributed by atoms with Crippen LogP contribution in [0.25, 0.3) is 16.6 Å².